The predicted molar refractivity (Wildman–Crippen MR) is 106 cm³/mol. The minimum absolute atomic E-state index is 0.161. The average molecular weight is 445 g/mol. The Morgan fingerprint density at radius 3 is 2.70 bits per heavy atom. The summed E-state index contributed by atoms with van der Waals surface area (Å²) in [6, 6.07) is 14.1. The Balaban J connectivity index is 1.60. The number of aromatic amines is 2. The number of aromatic nitrogens is 3. The number of aromatic hydroxyl groups is 1. The number of amides is 1. The van der Waals surface area contributed by atoms with Crippen LogP contribution in [0.25, 0.3) is 22.2 Å². The zero-order valence-corrected chi connectivity index (χ0v) is 15.9. The standard InChI is InChI=1S/C18H11BrClN5O2/c19-10-3-6-13-12(7-10)16(18(27)21-13)24-25-17(26)15-8-14(22-23-15)9-1-4-11(20)5-2-9/h1-8,21,27H,(H,22,23). The van der Waals surface area contributed by atoms with E-state index in [1.165, 1.54) is 0 Å². The second kappa shape index (κ2) is 6.98. The number of benzene rings is 2. The molecule has 0 aliphatic heterocycles. The van der Waals surface area contributed by atoms with Gasteiger partial charge in [0.1, 0.15) is 5.69 Å². The van der Waals surface area contributed by atoms with Gasteiger partial charge >= 0.3 is 5.91 Å². The van der Waals surface area contributed by atoms with Crippen LogP contribution in [0.1, 0.15) is 10.5 Å². The lowest BCUT2D eigenvalue weighted by atomic mass is 10.1. The minimum atomic E-state index is -0.605. The lowest BCUT2D eigenvalue weighted by Gasteiger charge is -1.95. The molecule has 0 fully saturated rings. The molecule has 0 aliphatic rings. The van der Waals surface area contributed by atoms with Crippen molar-refractivity contribution in [1.82, 2.24) is 15.2 Å². The third kappa shape index (κ3) is 3.49. The molecule has 0 aliphatic carbocycles. The van der Waals surface area contributed by atoms with Crippen molar-refractivity contribution in [2.24, 2.45) is 10.2 Å². The monoisotopic (exact) mass is 443 g/mol. The van der Waals surface area contributed by atoms with Crippen LogP contribution in [0.5, 0.6) is 5.88 Å². The van der Waals surface area contributed by atoms with Crippen LogP contribution in [-0.2, 0) is 0 Å². The maximum absolute atomic E-state index is 12.3. The topological polar surface area (TPSA) is 106 Å². The van der Waals surface area contributed by atoms with Gasteiger partial charge in [-0.05, 0) is 36.4 Å². The number of hydrogen-bond donors (Lipinski definition) is 3. The Labute approximate surface area is 166 Å². The van der Waals surface area contributed by atoms with E-state index >= 15 is 0 Å². The lowest BCUT2D eigenvalue weighted by molar-refractivity contribution is 0.0990. The van der Waals surface area contributed by atoms with E-state index in [2.05, 4.69) is 41.3 Å². The fourth-order valence-corrected chi connectivity index (χ4v) is 3.07. The van der Waals surface area contributed by atoms with Crippen molar-refractivity contribution in [3.63, 3.8) is 0 Å². The largest absolute Gasteiger partial charge is 0.493 e. The molecule has 2 aromatic carbocycles. The van der Waals surface area contributed by atoms with Crippen LogP contribution < -0.4 is 0 Å². The van der Waals surface area contributed by atoms with Gasteiger partial charge in [0.25, 0.3) is 0 Å². The zero-order valence-electron chi connectivity index (χ0n) is 13.6. The quantitative estimate of drug-likeness (QED) is 0.358. The molecule has 0 saturated carbocycles. The molecule has 0 unspecified atom stereocenters. The third-order valence-corrected chi connectivity index (χ3v) is 4.65. The molecular formula is C18H11BrClN5O2. The van der Waals surface area contributed by atoms with E-state index in [1.807, 2.05) is 6.07 Å². The summed E-state index contributed by atoms with van der Waals surface area (Å²) >= 11 is 9.24. The summed E-state index contributed by atoms with van der Waals surface area (Å²) in [5.74, 6) is -0.766. The van der Waals surface area contributed by atoms with E-state index in [1.54, 1.807) is 42.5 Å². The molecular weight excluding hydrogens is 434 g/mol. The molecule has 3 N–H and O–H groups in total. The van der Waals surface area contributed by atoms with Gasteiger partial charge in [0, 0.05) is 20.4 Å². The molecule has 27 heavy (non-hydrogen) atoms. The first-order valence-corrected chi connectivity index (χ1v) is 8.96. The maximum Gasteiger partial charge on any atom is 0.313 e. The summed E-state index contributed by atoms with van der Waals surface area (Å²) < 4.78 is 0.818. The molecule has 0 radical (unpaired) electrons. The van der Waals surface area contributed by atoms with Gasteiger partial charge in [-0.3, -0.25) is 9.89 Å². The molecule has 0 atom stereocenters. The van der Waals surface area contributed by atoms with Crippen molar-refractivity contribution in [3.05, 3.63) is 63.7 Å². The van der Waals surface area contributed by atoms with Crippen molar-refractivity contribution < 1.29 is 9.90 Å². The number of rotatable bonds is 3. The molecule has 0 spiro atoms. The number of nitrogens with one attached hydrogen (secondary N) is 2. The lowest BCUT2D eigenvalue weighted by Crippen LogP contribution is -1.93. The molecule has 1 amide bonds. The summed E-state index contributed by atoms with van der Waals surface area (Å²) in [6.45, 7) is 0. The molecule has 4 rings (SSSR count). The highest BCUT2D eigenvalue weighted by Crippen LogP contribution is 2.36. The van der Waals surface area contributed by atoms with Gasteiger partial charge in [-0.2, -0.15) is 5.10 Å². The second-order valence-electron chi connectivity index (χ2n) is 5.69. The summed E-state index contributed by atoms with van der Waals surface area (Å²) in [5.41, 5.74) is 2.46. The molecule has 7 nitrogen and oxygen atoms in total. The van der Waals surface area contributed by atoms with Crippen molar-refractivity contribution in [3.8, 4) is 17.1 Å². The molecule has 2 heterocycles. The summed E-state index contributed by atoms with van der Waals surface area (Å²) in [6.07, 6.45) is 0. The number of azo groups is 1. The highest BCUT2D eigenvalue weighted by Gasteiger charge is 2.14. The van der Waals surface area contributed by atoms with Gasteiger partial charge in [0.2, 0.25) is 5.88 Å². The van der Waals surface area contributed by atoms with Crippen LogP contribution >= 0.6 is 27.5 Å². The Kier molecular flexibility index (Phi) is 4.51. The van der Waals surface area contributed by atoms with Gasteiger partial charge in [-0.1, -0.05) is 39.7 Å². The highest BCUT2D eigenvalue weighted by atomic mass is 79.9. The normalized spacial score (nSPS) is 11.5. The van der Waals surface area contributed by atoms with Crippen LogP contribution in [0.4, 0.5) is 5.69 Å². The Hall–Kier alpha value is -2.97. The van der Waals surface area contributed by atoms with Crippen LogP contribution in [0, 0.1) is 0 Å². The zero-order chi connectivity index (χ0) is 19.0. The fourth-order valence-electron chi connectivity index (χ4n) is 2.59. The number of nitrogens with zero attached hydrogens (tertiary/aromatic N) is 3. The van der Waals surface area contributed by atoms with E-state index in [0.717, 1.165) is 10.0 Å². The summed E-state index contributed by atoms with van der Waals surface area (Å²) in [4.78, 5) is 15.1. The Morgan fingerprint density at radius 2 is 1.93 bits per heavy atom. The first-order valence-electron chi connectivity index (χ1n) is 7.79. The number of carbonyl (C=O) groups is 1. The van der Waals surface area contributed by atoms with E-state index in [4.69, 9.17) is 11.6 Å². The molecule has 4 aromatic rings. The van der Waals surface area contributed by atoms with Gasteiger partial charge in [-0.15, -0.1) is 10.2 Å². The second-order valence-corrected chi connectivity index (χ2v) is 7.04. The van der Waals surface area contributed by atoms with Gasteiger partial charge in [-0.25, -0.2) is 0 Å². The van der Waals surface area contributed by atoms with Crippen LogP contribution in [0.15, 0.2) is 63.2 Å². The van der Waals surface area contributed by atoms with Crippen LogP contribution in [0.2, 0.25) is 5.02 Å². The van der Waals surface area contributed by atoms with Gasteiger partial charge < -0.3 is 10.1 Å². The number of fused-ring (bicyclic) bond motifs is 1. The number of H-pyrrole nitrogens is 2. The van der Waals surface area contributed by atoms with Crippen LogP contribution in [-0.4, -0.2) is 26.2 Å². The first-order chi connectivity index (χ1) is 13.0. The van der Waals surface area contributed by atoms with E-state index in [-0.39, 0.29) is 17.3 Å². The van der Waals surface area contributed by atoms with Crippen molar-refractivity contribution in [2.45, 2.75) is 0 Å². The molecule has 0 bridgehead atoms. The third-order valence-electron chi connectivity index (χ3n) is 3.90. The number of hydrogen-bond acceptors (Lipinski definition) is 4. The van der Waals surface area contributed by atoms with Crippen molar-refractivity contribution in [2.75, 3.05) is 0 Å². The summed E-state index contributed by atoms with van der Waals surface area (Å²) in [7, 11) is 0. The number of carbonyl (C=O) groups excluding carboxylic acids is 1. The maximum atomic E-state index is 12.3. The Bertz CT molecular complexity index is 1180. The number of halogens is 2. The smallest absolute Gasteiger partial charge is 0.313 e. The van der Waals surface area contributed by atoms with Crippen molar-refractivity contribution in [1.29, 1.82) is 0 Å². The SMILES string of the molecule is O=C(N=Nc1c(O)[nH]c2ccc(Br)cc12)c1cc(-c2ccc(Cl)cc2)n[nH]1. The minimum Gasteiger partial charge on any atom is -0.493 e. The average Bonchev–Trinajstić information content (AvgIpc) is 3.25. The molecule has 0 saturated heterocycles. The van der Waals surface area contributed by atoms with E-state index < -0.39 is 5.91 Å². The van der Waals surface area contributed by atoms with E-state index in [9.17, 15) is 9.90 Å². The highest BCUT2D eigenvalue weighted by molar-refractivity contribution is 9.10. The van der Waals surface area contributed by atoms with Crippen molar-refractivity contribution >= 4 is 50.0 Å². The Morgan fingerprint density at radius 1 is 1.15 bits per heavy atom. The first kappa shape index (κ1) is 17.4. The van der Waals surface area contributed by atoms with E-state index in [0.29, 0.717) is 21.6 Å². The fraction of sp³-hybridized carbons (Fsp3) is 0. The van der Waals surface area contributed by atoms with Crippen LogP contribution in [0.3, 0.4) is 0 Å². The predicted octanol–water partition coefficient (Wildman–Crippen LogP) is 5.60. The molecule has 2 aromatic heterocycles. The van der Waals surface area contributed by atoms with Gasteiger partial charge in [0.15, 0.2) is 5.69 Å². The van der Waals surface area contributed by atoms with Gasteiger partial charge in [0.05, 0.1) is 11.2 Å². The molecule has 134 valence electrons. The molecule has 9 heteroatoms. The summed E-state index contributed by atoms with van der Waals surface area (Å²) in [5, 5.41) is 25.6.